The first kappa shape index (κ1) is 12.6. The predicted octanol–water partition coefficient (Wildman–Crippen LogP) is 2.91. The number of aromatic nitrogens is 1. The Morgan fingerprint density at radius 2 is 2.00 bits per heavy atom. The molecule has 0 N–H and O–H groups in total. The number of pyridine rings is 1. The molecule has 8 heteroatoms. The number of alkyl halides is 2. The predicted molar refractivity (Wildman–Crippen MR) is 52.0 cm³/mol. The summed E-state index contributed by atoms with van der Waals surface area (Å²) >= 11 is 5.47. The number of rotatable bonds is 2. The van der Waals surface area contributed by atoms with Gasteiger partial charge < -0.3 is 0 Å². The van der Waals surface area contributed by atoms with E-state index in [2.05, 4.69) is 4.98 Å². The smallest absolute Gasteiger partial charge is 0.239 e. The topological polar surface area (TPSA) is 47.0 Å². The van der Waals surface area contributed by atoms with Gasteiger partial charge in [-0.25, -0.2) is 22.2 Å². The second-order valence-electron chi connectivity index (χ2n) is 2.69. The van der Waals surface area contributed by atoms with Crippen LogP contribution in [0.15, 0.2) is 11.1 Å². The van der Waals surface area contributed by atoms with Crippen LogP contribution in [0.4, 0.5) is 8.78 Å². The van der Waals surface area contributed by atoms with Crippen molar-refractivity contribution in [2.75, 3.05) is 0 Å². The molecule has 15 heavy (non-hydrogen) atoms. The second kappa shape index (κ2) is 4.19. The van der Waals surface area contributed by atoms with Crippen molar-refractivity contribution in [1.82, 2.24) is 4.98 Å². The minimum Gasteiger partial charge on any atom is -0.239 e. The highest BCUT2D eigenvalue weighted by atomic mass is 35.7. The van der Waals surface area contributed by atoms with Gasteiger partial charge in [0.15, 0.2) is 5.03 Å². The van der Waals surface area contributed by atoms with E-state index in [1.54, 1.807) is 0 Å². The number of halogens is 4. The minimum absolute atomic E-state index is 0.117. The Kier molecular flexibility index (Phi) is 3.52. The van der Waals surface area contributed by atoms with E-state index in [-0.39, 0.29) is 5.69 Å². The highest BCUT2D eigenvalue weighted by molar-refractivity contribution is 8.13. The molecule has 0 unspecified atom stereocenters. The van der Waals surface area contributed by atoms with Crippen molar-refractivity contribution in [1.29, 1.82) is 0 Å². The van der Waals surface area contributed by atoms with Crippen LogP contribution in [-0.4, -0.2) is 13.4 Å². The first-order valence-corrected chi connectivity index (χ1v) is 6.32. The van der Waals surface area contributed by atoms with E-state index in [0.717, 1.165) is 6.07 Å². The lowest BCUT2D eigenvalue weighted by atomic mass is 10.2. The number of hydrogen-bond acceptors (Lipinski definition) is 3. The molecular weight excluding hydrogens is 271 g/mol. The van der Waals surface area contributed by atoms with Crippen molar-refractivity contribution < 1.29 is 17.2 Å². The number of aryl methyl sites for hydroxylation is 1. The van der Waals surface area contributed by atoms with Crippen LogP contribution in [0.3, 0.4) is 0 Å². The van der Waals surface area contributed by atoms with Gasteiger partial charge in [-0.3, -0.25) is 0 Å². The van der Waals surface area contributed by atoms with E-state index in [9.17, 15) is 17.2 Å². The Morgan fingerprint density at radius 3 is 2.40 bits per heavy atom. The molecule has 0 aromatic carbocycles. The molecule has 1 aromatic rings. The van der Waals surface area contributed by atoms with Crippen molar-refractivity contribution in [3.8, 4) is 0 Å². The Labute approximate surface area is 94.4 Å². The molecule has 0 aliphatic rings. The highest BCUT2D eigenvalue weighted by Crippen LogP contribution is 2.29. The SMILES string of the molecule is Cc1nc(S(=O)(=O)Cl)c(Cl)cc1C(F)F. The third-order valence-electron chi connectivity index (χ3n) is 1.64. The second-order valence-corrected chi connectivity index (χ2v) is 5.58. The molecule has 1 rings (SSSR count). The maximum Gasteiger partial charge on any atom is 0.280 e. The molecule has 0 aliphatic heterocycles. The van der Waals surface area contributed by atoms with E-state index < -0.39 is 31.1 Å². The first-order valence-electron chi connectivity index (χ1n) is 3.63. The molecule has 1 aromatic heterocycles. The van der Waals surface area contributed by atoms with Crippen LogP contribution >= 0.6 is 22.3 Å². The van der Waals surface area contributed by atoms with Crippen molar-refractivity contribution >= 4 is 31.3 Å². The summed E-state index contributed by atoms with van der Waals surface area (Å²) < 4.78 is 46.5. The summed E-state index contributed by atoms with van der Waals surface area (Å²) in [7, 11) is 0.891. The largest absolute Gasteiger partial charge is 0.280 e. The van der Waals surface area contributed by atoms with Crippen molar-refractivity contribution in [2.45, 2.75) is 18.4 Å². The van der Waals surface area contributed by atoms with Gasteiger partial charge >= 0.3 is 0 Å². The number of hydrogen-bond donors (Lipinski definition) is 0. The van der Waals surface area contributed by atoms with Gasteiger partial charge in [-0.2, -0.15) is 0 Å². The summed E-state index contributed by atoms with van der Waals surface area (Å²) in [5.41, 5.74) is -0.530. The standard InChI is InChI=1S/C7H5Cl2F2NO2S/c1-3-4(6(10)11)2-5(8)7(12-3)15(9,13)14/h2,6H,1H3. The van der Waals surface area contributed by atoms with E-state index in [0.29, 0.717) is 0 Å². The summed E-state index contributed by atoms with van der Waals surface area (Å²) in [4.78, 5) is 3.43. The van der Waals surface area contributed by atoms with Gasteiger partial charge in [0.1, 0.15) is 0 Å². The Balaban J connectivity index is 3.46. The average Bonchev–Trinajstić information content (AvgIpc) is 2.06. The van der Waals surface area contributed by atoms with Gasteiger partial charge in [0.2, 0.25) is 0 Å². The van der Waals surface area contributed by atoms with Gasteiger partial charge in [0.05, 0.1) is 5.02 Å². The van der Waals surface area contributed by atoms with Crippen LogP contribution < -0.4 is 0 Å². The summed E-state index contributed by atoms with van der Waals surface area (Å²) in [6.07, 6.45) is -2.76. The van der Waals surface area contributed by atoms with E-state index in [1.807, 2.05) is 0 Å². The Hall–Kier alpha value is -0.460. The summed E-state index contributed by atoms with van der Waals surface area (Å²) in [6.45, 7) is 1.25. The molecule has 0 spiro atoms. The van der Waals surface area contributed by atoms with Crippen LogP contribution in [0.2, 0.25) is 5.02 Å². The lowest BCUT2D eigenvalue weighted by molar-refractivity contribution is 0.150. The molecule has 0 fully saturated rings. The van der Waals surface area contributed by atoms with Gasteiger partial charge in [0.25, 0.3) is 15.5 Å². The molecule has 0 saturated heterocycles. The van der Waals surface area contributed by atoms with Crippen molar-refractivity contribution in [3.05, 3.63) is 22.3 Å². The maximum atomic E-state index is 12.4. The quantitative estimate of drug-likeness (QED) is 0.780. The zero-order valence-corrected chi connectivity index (χ0v) is 9.67. The normalized spacial score (nSPS) is 12.1. The van der Waals surface area contributed by atoms with Crippen LogP contribution in [-0.2, 0) is 9.05 Å². The maximum absolute atomic E-state index is 12.4. The minimum atomic E-state index is -4.11. The fraction of sp³-hybridized carbons (Fsp3) is 0.286. The van der Waals surface area contributed by atoms with Gasteiger partial charge in [-0.15, -0.1) is 0 Å². The average molecular weight is 276 g/mol. The van der Waals surface area contributed by atoms with E-state index in [4.69, 9.17) is 22.3 Å². The summed E-state index contributed by atoms with van der Waals surface area (Å²) in [5, 5.41) is -1.02. The molecule has 0 bridgehead atoms. The lowest BCUT2D eigenvalue weighted by Gasteiger charge is -2.06. The molecule has 0 atom stereocenters. The van der Waals surface area contributed by atoms with Gasteiger partial charge in [-0.05, 0) is 13.0 Å². The lowest BCUT2D eigenvalue weighted by Crippen LogP contribution is -2.02. The van der Waals surface area contributed by atoms with Gasteiger partial charge in [0, 0.05) is 21.9 Å². The van der Waals surface area contributed by atoms with E-state index >= 15 is 0 Å². The van der Waals surface area contributed by atoms with Crippen LogP contribution in [0, 0.1) is 6.92 Å². The van der Waals surface area contributed by atoms with E-state index in [1.165, 1.54) is 6.92 Å². The first-order chi connectivity index (χ1) is 6.73. The molecule has 0 amide bonds. The third kappa shape index (κ3) is 2.76. The van der Waals surface area contributed by atoms with Crippen LogP contribution in [0.5, 0.6) is 0 Å². The van der Waals surface area contributed by atoms with Crippen molar-refractivity contribution in [2.24, 2.45) is 0 Å². The molecule has 0 radical (unpaired) electrons. The zero-order chi connectivity index (χ0) is 11.8. The Morgan fingerprint density at radius 1 is 1.47 bits per heavy atom. The van der Waals surface area contributed by atoms with Gasteiger partial charge in [-0.1, -0.05) is 11.6 Å². The Bertz CT molecular complexity index is 490. The molecule has 1 heterocycles. The summed E-state index contributed by atoms with van der Waals surface area (Å²) in [5.74, 6) is 0. The monoisotopic (exact) mass is 275 g/mol. The van der Waals surface area contributed by atoms with Crippen LogP contribution in [0.25, 0.3) is 0 Å². The third-order valence-corrected chi connectivity index (χ3v) is 3.25. The molecular formula is C7H5Cl2F2NO2S. The number of nitrogens with zero attached hydrogens (tertiary/aromatic N) is 1. The van der Waals surface area contributed by atoms with Crippen molar-refractivity contribution in [3.63, 3.8) is 0 Å². The summed E-state index contributed by atoms with van der Waals surface area (Å²) in [6, 6.07) is 0.851. The fourth-order valence-corrected chi connectivity index (χ4v) is 2.44. The highest BCUT2D eigenvalue weighted by Gasteiger charge is 2.21. The molecule has 84 valence electrons. The molecule has 3 nitrogen and oxygen atoms in total. The zero-order valence-electron chi connectivity index (χ0n) is 7.34. The fourth-order valence-electron chi connectivity index (χ4n) is 0.965. The molecule has 0 saturated carbocycles. The molecule has 0 aliphatic carbocycles. The van der Waals surface area contributed by atoms with Crippen LogP contribution in [0.1, 0.15) is 17.7 Å².